The van der Waals surface area contributed by atoms with Crippen LogP contribution in [0.4, 0.5) is 4.79 Å². The molecule has 1 unspecified atom stereocenters. The Morgan fingerprint density at radius 1 is 0.769 bits per heavy atom. The van der Waals surface area contributed by atoms with Crippen LogP contribution in [0.2, 0.25) is 0 Å². The summed E-state index contributed by atoms with van der Waals surface area (Å²) in [7, 11) is 1.31. The smallest absolute Gasteiger partial charge is 0.438 e. The number of ether oxygens (including phenoxy) is 2. The molecular formula is C23H20O3. The highest BCUT2D eigenvalue weighted by Crippen LogP contribution is 2.29. The Kier molecular flexibility index (Phi) is 5.84. The van der Waals surface area contributed by atoms with E-state index in [2.05, 4.69) is 0 Å². The Balaban J connectivity index is 2.09. The molecule has 0 radical (unpaired) electrons. The lowest BCUT2D eigenvalue weighted by Gasteiger charge is -2.17. The molecule has 26 heavy (non-hydrogen) atoms. The van der Waals surface area contributed by atoms with Gasteiger partial charge in [-0.25, -0.2) is 4.79 Å². The van der Waals surface area contributed by atoms with Gasteiger partial charge in [-0.2, -0.15) is 0 Å². The van der Waals surface area contributed by atoms with E-state index in [4.69, 9.17) is 9.47 Å². The van der Waals surface area contributed by atoms with Gasteiger partial charge >= 0.3 is 6.16 Å². The van der Waals surface area contributed by atoms with Crippen LogP contribution < -0.4 is 0 Å². The van der Waals surface area contributed by atoms with E-state index in [0.29, 0.717) is 0 Å². The Bertz CT molecular complexity index is 814. The molecule has 0 saturated carbocycles. The topological polar surface area (TPSA) is 35.5 Å². The third-order valence-corrected chi connectivity index (χ3v) is 4.01. The first-order valence-electron chi connectivity index (χ1n) is 8.40. The van der Waals surface area contributed by atoms with Crippen LogP contribution in [-0.2, 0) is 9.47 Å². The molecule has 0 bridgehead atoms. The Morgan fingerprint density at radius 2 is 1.23 bits per heavy atom. The highest BCUT2D eigenvalue weighted by molar-refractivity contribution is 5.80. The fourth-order valence-electron chi connectivity index (χ4n) is 2.74. The minimum absolute atomic E-state index is 0.556. The fraction of sp³-hybridized carbons (Fsp3) is 0.0870. The monoisotopic (exact) mass is 344 g/mol. The highest BCUT2D eigenvalue weighted by atomic mass is 16.7. The fourth-order valence-corrected chi connectivity index (χ4v) is 2.74. The predicted octanol–water partition coefficient (Wildman–Crippen LogP) is 5.64. The van der Waals surface area contributed by atoms with Crippen LogP contribution in [0.5, 0.6) is 0 Å². The quantitative estimate of drug-likeness (QED) is 0.562. The van der Waals surface area contributed by atoms with E-state index < -0.39 is 12.3 Å². The van der Waals surface area contributed by atoms with Crippen LogP contribution in [0.25, 0.3) is 5.57 Å². The van der Waals surface area contributed by atoms with Gasteiger partial charge < -0.3 is 9.47 Å². The van der Waals surface area contributed by atoms with Gasteiger partial charge in [0.25, 0.3) is 0 Å². The van der Waals surface area contributed by atoms with E-state index in [1.807, 2.05) is 97.1 Å². The van der Waals surface area contributed by atoms with Gasteiger partial charge in [0.15, 0.2) is 0 Å². The van der Waals surface area contributed by atoms with Gasteiger partial charge in [-0.05, 0) is 28.3 Å². The zero-order chi connectivity index (χ0) is 18.2. The summed E-state index contributed by atoms with van der Waals surface area (Å²) >= 11 is 0. The van der Waals surface area contributed by atoms with Crippen LogP contribution in [-0.4, -0.2) is 13.3 Å². The molecule has 0 aliphatic rings. The molecular weight excluding hydrogens is 324 g/mol. The maximum absolute atomic E-state index is 11.8. The number of carbonyl (C=O) groups is 1. The molecule has 0 fully saturated rings. The number of benzene rings is 3. The second-order valence-electron chi connectivity index (χ2n) is 5.72. The molecule has 3 aromatic carbocycles. The van der Waals surface area contributed by atoms with Gasteiger partial charge in [0, 0.05) is 0 Å². The molecule has 1 atom stereocenters. The first-order valence-corrected chi connectivity index (χ1v) is 8.40. The van der Waals surface area contributed by atoms with Crippen molar-refractivity contribution >= 4 is 11.7 Å². The summed E-state index contributed by atoms with van der Waals surface area (Å²) in [5, 5.41) is 0. The van der Waals surface area contributed by atoms with Crippen LogP contribution in [0, 0.1) is 0 Å². The highest BCUT2D eigenvalue weighted by Gasteiger charge is 2.17. The Hall–Kier alpha value is -3.33. The average Bonchev–Trinajstić information content (AvgIpc) is 2.72. The van der Waals surface area contributed by atoms with Crippen molar-refractivity contribution < 1.29 is 14.3 Å². The van der Waals surface area contributed by atoms with Crippen molar-refractivity contribution in [2.24, 2.45) is 0 Å². The van der Waals surface area contributed by atoms with Crippen molar-refractivity contribution in [3.8, 4) is 0 Å². The summed E-state index contributed by atoms with van der Waals surface area (Å²) in [6, 6.07) is 29.7. The van der Waals surface area contributed by atoms with Crippen molar-refractivity contribution in [3.63, 3.8) is 0 Å². The van der Waals surface area contributed by atoms with Crippen LogP contribution >= 0.6 is 0 Å². The molecule has 0 heterocycles. The van der Waals surface area contributed by atoms with Crippen molar-refractivity contribution in [2.75, 3.05) is 7.11 Å². The van der Waals surface area contributed by atoms with Crippen LogP contribution in [0.15, 0.2) is 97.1 Å². The molecule has 3 aromatic rings. The van der Waals surface area contributed by atoms with Crippen molar-refractivity contribution in [1.82, 2.24) is 0 Å². The SMILES string of the molecule is COC(=O)OC(C=C(c1ccccc1)c1ccccc1)c1ccccc1. The van der Waals surface area contributed by atoms with E-state index in [1.54, 1.807) is 0 Å². The lowest BCUT2D eigenvalue weighted by molar-refractivity contribution is 0.0523. The summed E-state index contributed by atoms with van der Waals surface area (Å²) in [6.07, 6.45) is 0.686. The molecule has 0 aliphatic carbocycles. The molecule has 0 aromatic heterocycles. The van der Waals surface area contributed by atoms with E-state index in [1.165, 1.54) is 7.11 Å². The lowest BCUT2D eigenvalue weighted by Crippen LogP contribution is -2.10. The van der Waals surface area contributed by atoms with Crippen LogP contribution in [0.3, 0.4) is 0 Å². The van der Waals surface area contributed by atoms with Crippen molar-refractivity contribution in [3.05, 3.63) is 114 Å². The Labute approximate surface area is 153 Å². The molecule has 0 saturated heterocycles. The van der Waals surface area contributed by atoms with E-state index in [9.17, 15) is 4.79 Å². The zero-order valence-electron chi connectivity index (χ0n) is 14.5. The molecule has 0 N–H and O–H groups in total. The number of methoxy groups -OCH3 is 1. The van der Waals surface area contributed by atoms with Gasteiger partial charge in [-0.1, -0.05) is 91.0 Å². The average molecular weight is 344 g/mol. The standard InChI is InChI=1S/C23H20O3/c1-25-23(24)26-22(20-15-9-4-10-16-20)17-21(18-11-5-2-6-12-18)19-13-7-3-8-14-19/h2-17,22H,1H3. The second kappa shape index (κ2) is 8.67. The summed E-state index contributed by atoms with van der Waals surface area (Å²) in [5.74, 6) is 0. The molecule has 3 heteroatoms. The summed E-state index contributed by atoms with van der Waals surface area (Å²) in [5.41, 5.74) is 3.97. The summed E-state index contributed by atoms with van der Waals surface area (Å²) in [4.78, 5) is 11.8. The van der Waals surface area contributed by atoms with Gasteiger partial charge in [-0.3, -0.25) is 0 Å². The summed E-state index contributed by atoms with van der Waals surface area (Å²) < 4.78 is 10.2. The normalized spacial score (nSPS) is 11.3. The molecule has 3 nitrogen and oxygen atoms in total. The van der Waals surface area contributed by atoms with E-state index in [-0.39, 0.29) is 0 Å². The largest absolute Gasteiger partial charge is 0.508 e. The maximum Gasteiger partial charge on any atom is 0.508 e. The maximum atomic E-state index is 11.8. The first kappa shape index (κ1) is 17.5. The second-order valence-corrected chi connectivity index (χ2v) is 5.72. The first-order chi connectivity index (χ1) is 12.8. The Morgan fingerprint density at radius 3 is 1.69 bits per heavy atom. The van der Waals surface area contributed by atoms with Crippen molar-refractivity contribution in [1.29, 1.82) is 0 Å². The van der Waals surface area contributed by atoms with Gasteiger partial charge in [0.05, 0.1) is 7.11 Å². The molecule has 0 aliphatic heterocycles. The number of hydrogen-bond acceptors (Lipinski definition) is 3. The lowest BCUT2D eigenvalue weighted by atomic mass is 9.95. The summed E-state index contributed by atoms with van der Waals surface area (Å²) in [6.45, 7) is 0. The van der Waals surface area contributed by atoms with Crippen molar-refractivity contribution in [2.45, 2.75) is 6.10 Å². The molecule has 0 amide bonds. The third kappa shape index (κ3) is 4.39. The number of rotatable bonds is 5. The van der Waals surface area contributed by atoms with Gasteiger partial charge in [0.1, 0.15) is 6.10 Å². The number of carbonyl (C=O) groups excluding carboxylic acids is 1. The predicted molar refractivity (Wildman–Crippen MR) is 103 cm³/mol. The van der Waals surface area contributed by atoms with E-state index in [0.717, 1.165) is 22.3 Å². The molecule has 3 rings (SSSR count). The minimum Gasteiger partial charge on any atom is -0.438 e. The van der Waals surface area contributed by atoms with Gasteiger partial charge in [0.2, 0.25) is 0 Å². The molecule has 0 spiro atoms. The minimum atomic E-state index is -0.712. The van der Waals surface area contributed by atoms with E-state index >= 15 is 0 Å². The van der Waals surface area contributed by atoms with Crippen LogP contribution in [0.1, 0.15) is 22.8 Å². The molecule has 130 valence electrons. The van der Waals surface area contributed by atoms with Gasteiger partial charge in [-0.15, -0.1) is 0 Å². The third-order valence-electron chi connectivity index (χ3n) is 4.01. The number of hydrogen-bond donors (Lipinski definition) is 0. The zero-order valence-corrected chi connectivity index (χ0v) is 14.5.